The molecule has 1 aliphatic rings. The van der Waals surface area contributed by atoms with E-state index >= 15 is 0 Å². The molecule has 0 spiro atoms. The summed E-state index contributed by atoms with van der Waals surface area (Å²) in [5.74, 6) is 0.459. The van der Waals surface area contributed by atoms with Crippen molar-refractivity contribution in [3.8, 4) is 0 Å². The van der Waals surface area contributed by atoms with E-state index in [9.17, 15) is 0 Å². The quantitative estimate of drug-likeness (QED) is 0.708. The third kappa shape index (κ3) is 2.15. The van der Waals surface area contributed by atoms with Gasteiger partial charge in [-0.25, -0.2) is 0 Å². The highest BCUT2D eigenvalue weighted by molar-refractivity contribution is 6.31. The van der Waals surface area contributed by atoms with Crippen LogP contribution in [0.1, 0.15) is 29.5 Å². The summed E-state index contributed by atoms with van der Waals surface area (Å²) >= 11 is 6.40. The maximum atomic E-state index is 6.40. The highest BCUT2D eigenvalue weighted by Crippen LogP contribution is 2.42. The van der Waals surface area contributed by atoms with Gasteiger partial charge in [0.2, 0.25) is 0 Å². The van der Waals surface area contributed by atoms with Gasteiger partial charge in [-0.05, 0) is 36.2 Å². The molecule has 4 rings (SSSR count). The topological polar surface area (TPSA) is 27.8 Å². The Morgan fingerprint density at radius 2 is 1.76 bits per heavy atom. The fourth-order valence-corrected chi connectivity index (χ4v) is 3.75. The van der Waals surface area contributed by atoms with Crippen LogP contribution < -0.4 is 5.32 Å². The van der Waals surface area contributed by atoms with Crippen molar-refractivity contribution < 1.29 is 0 Å². The molecule has 0 saturated carbocycles. The number of para-hydroxylation sites is 1. The first-order chi connectivity index (χ1) is 10.3. The zero-order valence-corrected chi connectivity index (χ0v) is 12.4. The van der Waals surface area contributed by atoms with Crippen molar-refractivity contribution in [2.45, 2.75) is 18.4 Å². The summed E-state index contributed by atoms with van der Waals surface area (Å²) in [6.45, 7) is 1.03. The second kappa shape index (κ2) is 5.21. The lowest BCUT2D eigenvalue weighted by Gasteiger charge is -2.21. The molecule has 3 aromatic rings. The van der Waals surface area contributed by atoms with E-state index in [1.54, 1.807) is 0 Å². The lowest BCUT2D eigenvalue weighted by molar-refractivity contribution is 0.581. The van der Waals surface area contributed by atoms with Gasteiger partial charge in [0.25, 0.3) is 0 Å². The van der Waals surface area contributed by atoms with Gasteiger partial charge in [0.1, 0.15) is 0 Å². The van der Waals surface area contributed by atoms with E-state index in [2.05, 4.69) is 52.9 Å². The molecule has 1 saturated heterocycles. The normalized spacial score (nSPS) is 22.0. The number of benzene rings is 2. The van der Waals surface area contributed by atoms with Crippen molar-refractivity contribution in [1.29, 1.82) is 0 Å². The molecule has 21 heavy (non-hydrogen) atoms. The minimum atomic E-state index is 0.290. The molecule has 2 atom stereocenters. The molecule has 0 bridgehead atoms. The van der Waals surface area contributed by atoms with E-state index in [1.165, 1.54) is 22.0 Å². The lowest BCUT2D eigenvalue weighted by atomic mass is 9.88. The molecule has 2 N–H and O–H groups in total. The van der Waals surface area contributed by atoms with Crippen LogP contribution in [0.5, 0.6) is 0 Å². The molecule has 1 aromatic heterocycles. The van der Waals surface area contributed by atoms with E-state index in [0.717, 1.165) is 18.0 Å². The molecule has 3 heteroatoms. The third-order valence-electron chi connectivity index (χ3n) is 4.48. The van der Waals surface area contributed by atoms with E-state index in [1.807, 2.05) is 12.1 Å². The van der Waals surface area contributed by atoms with Crippen LogP contribution in [0.25, 0.3) is 10.9 Å². The Labute approximate surface area is 129 Å². The number of fused-ring (bicyclic) bond motifs is 1. The number of aromatic nitrogens is 1. The van der Waals surface area contributed by atoms with E-state index in [0.29, 0.717) is 5.92 Å². The molecule has 2 nitrogen and oxygen atoms in total. The van der Waals surface area contributed by atoms with Crippen LogP contribution in [0, 0.1) is 0 Å². The van der Waals surface area contributed by atoms with Crippen LogP contribution in [0.4, 0.5) is 0 Å². The number of hydrogen-bond donors (Lipinski definition) is 2. The third-order valence-corrected chi connectivity index (χ3v) is 4.83. The zero-order valence-electron chi connectivity index (χ0n) is 11.6. The van der Waals surface area contributed by atoms with Gasteiger partial charge in [0.15, 0.2) is 0 Å². The molecule has 0 aliphatic carbocycles. The van der Waals surface area contributed by atoms with Crippen LogP contribution >= 0.6 is 11.6 Å². The molecule has 2 heterocycles. The zero-order chi connectivity index (χ0) is 14.2. The van der Waals surface area contributed by atoms with Gasteiger partial charge in [0.05, 0.1) is 0 Å². The Balaban J connectivity index is 1.79. The first kappa shape index (κ1) is 12.9. The molecule has 2 unspecified atom stereocenters. The molecule has 0 radical (unpaired) electrons. The Bertz CT molecular complexity index is 777. The molecular weight excluding hydrogens is 280 g/mol. The van der Waals surface area contributed by atoms with Gasteiger partial charge in [-0.3, -0.25) is 0 Å². The summed E-state index contributed by atoms with van der Waals surface area (Å²) < 4.78 is 0. The molecular formula is C18H17ClN2. The maximum Gasteiger partial charge on any atom is 0.0456 e. The van der Waals surface area contributed by atoms with Gasteiger partial charge < -0.3 is 10.3 Å². The number of aromatic amines is 1. The van der Waals surface area contributed by atoms with Crippen LogP contribution in [0.3, 0.4) is 0 Å². The molecule has 106 valence electrons. The molecule has 2 aromatic carbocycles. The lowest BCUT2D eigenvalue weighted by Crippen LogP contribution is -2.17. The smallest absolute Gasteiger partial charge is 0.0456 e. The minimum absolute atomic E-state index is 0.290. The molecule has 0 amide bonds. The maximum absolute atomic E-state index is 6.40. The van der Waals surface area contributed by atoms with Crippen LogP contribution in [0.15, 0.2) is 54.7 Å². The first-order valence-corrected chi connectivity index (χ1v) is 7.76. The number of nitrogens with one attached hydrogen (secondary N) is 2. The molecule has 1 fully saturated rings. The molecule has 1 aliphatic heterocycles. The van der Waals surface area contributed by atoms with Gasteiger partial charge in [0, 0.05) is 34.1 Å². The SMILES string of the molecule is Clc1ccccc1C1NCCC1c1c[nH]c2ccccc12. The largest absolute Gasteiger partial charge is 0.361 e. The van der Waals surface area contributed by atoms with Crippen molar-refractivity contribution in [2.75, 3.05) is 6.54 Å². The fraction of sp³-hybridized carbons (Fsp3) is 0.222. The van der Waals surface area contributed by atoms with E-state index < -0.39 is 0 Å². The Morgan fingerprint density at radius 1 is 0.952 bits per heavy atom. The summed E-state index contributed by atoms with van der Waals surface area (Å²) in [7, 11) is 0. The van der Waals surface area contributed by atoms with E-state index in [4.69, 9.17) is 11.6 Å². The predicted octanol–water partition coefficient (Wildman–Crippen LogP) is 4.64. The first-order valence-electron chi connectivity index (χ1n) is 7.38. The highest BCUT2D eigenvalue weighted by Gasteiger charge is 2.32. The second-order valence-electron chi connectivity index (χ2n) is 5.64. The summed E-state index contributed by atoms with van der Waals surface area (Å²) in [5, 5.41) is 5.79. The number of halogens is 1. The summed E-state index contributed by atoms with van der Waals surface area (Å²) in [6.07, 6.45) is 3.30. The number of H-pyrrole nitrogens is 1. The van der Waals surface area contributed by atoms with Gasteiger partial charge in [-0.2, -0.15) is 0 Å². The van der Waals surface area contributed by atoms with Crippen molar-refractivity contribution in [3.05, 3.63) is 70.9 Å². The Morgan fingerprint density at radius 3 is 2.67 bits per heavy atom. The van der Waals surface area contributed by atoms with Gasteiger partial charge >= 0.3 is 0 Å². The monoisotopic (exact) mass is 296 g/mol. The Kier molecular flexibility index (Phi) is 3.21. The second-order valence-corrected chi connectivity index (χ2v) is 6.05. The van der Waals surface area contributed by atoms with Crippen LogP contribution in [-0.2, 0) is 0 Å². The van der Waals surface area contributed by atoms with Gasteiger partial charge in [-0.1, -0.05) is 48.0 Å². The summed E-state index contributed by atoms with van der Waals surface area (Å²) in [6, 6.07) is 17.0. The predicted molar refractivity (Wildman–Crippen MR) is 87.9 cm³/mol. The minimum Gasteiger partial charge on any atom is -0.361 e. The van der Waals surface area contributed by atoms with E-state index in [-0.39, 0.29) is 6.04 Å². The van der Waals surface area contributed by atoms with Crippen molar-refractivity contribution in [3.63, 3.8) is 0 Å². The average molecular weight is 297 g/mol. The fourth-order valence-electron chi connectivity index (χ4n) is 3.49. The average Bonchev–Trinajstić information content (AvgIpc) is 3.13. The van der Waals surface area contributed by atoms with Crippen LogP contribution in [-0.4, -0.2) is 11.5 Å². The highest BCUT2D eigenvalue weighted by atomic mass is 35.5. The summed E-state index contributed by atoms with van der Waals surface area (Å²) in [5.41, 5.74) is 3.80. The standard InChI is InChI=1S/C18H17ClN2/c19-16-7-3-1-6-14(16)18-13(9-10-20-18)15-11-21-17-8-4-2-5-12(15)17/h1-8,11,13,18,20-21H,9-10H2. The van der Waals surface area contributed by atoms with Gasteiger partial charge in [-0.15, -0.1) is 0 Å². The number of hydrogen-bond acceptors (Lipinski definition) is 1. The summed E-state index contributed by atoms with van der Waals surface area (Å²) in [4.78, 5) is 3.39. The van der Waals surface area contributed by atoms with Crippen LogP contribution in [0.2, 0.25) is 5.02 Å². The Hall–Kier alpha value is -1.77. The number of rotatable bonds is 2. The van der Waals surface area contributed by atoms with Crippen molar-refractivity contribution in [1.82, 2.24) is 10.3 Å². The van der Waals surface area contributed by atoms with Crippen molar-refractivity contribution >= 4 is 22.5 Å². The van der Waals surface area contributed by atoms with Crippen molar-refractivity contribution in [2.24, 2.45) is 0 Å².